The lowest BCUT2D eigenvalue weighted by molar-refractivity contribution is 1.07. The highest BCUT2D eigenvalue weighted by molar-refractivity contribution is 7.26. The molecule has 10 rings (SSSR count). The molecule has 0 aliphatic carbocycles. The minimum absolute atomic E-state index is 0.644. The van der Waals surface area contributed by atoms with Gasteiger partial charge in [-0.1, -0.05) is 194 Å². The Morgan fingerprint density at radius 3 is 1.13 bits per heavy atom. The molecule has 0 radical (unpaired) electrons. The summed E-state index contributed by atoms with van der Waals surface area (Å²) in [5.74, 6) is 1.94. The van der Waals surface area contributed by atoms with Crippen LogP contribution in [0.4, 0.5) is 0 Å². The van der Waals surface area contributed by atoms with Crippen LogP contribution in [0.5, 0.6) is 0 Å². The molecule has 3 nitrogen and oxygen atoms in total. The van der Waals surface area contributed by atoms with E-state index in [0.717, 1.165) is 27.8 Å². The monoisotopic (exact) mass is 719 g/mol. The molecule has 0 atom stereocenters. The molecular weight excluding hydrogens is 687 g/mol. The standard InChI is InChI=1S/C51H33N3S/c1-4-13-34(14-5-1)36-25-29-39(30-26-36)50-52-49(38-17-8-3-9-18-38)53-51(54-50)40-31-27-37(28-32-40)43-21-11-23-45-46-24-12-22-44(48(46)55-47(43)45)42-20-10-19-41(33-42)35-15-6-2-7-16-35/h1-33H. The third-order valence-electron chi connectivity index (χ3n) is 10.2. The van der Waals surface area contributed by atoms with E-state index >= 15 is 0 Å². The van der Waals surface area contributed by atoms with E-state index in [-0.39, 0.29) is 0 Å². The largest absolute Gasteiger partial charge is 0.208 e. The van der Waals surface area contributed by atoms with Crippen LogP contribution in [0.2, 0.25) is 0 Å². The van der Waals surface area contributed by atoms with Crippen molar-refractivity contribution >= 4 is 31.5 Å². The fourth-order valence-electron chi connectivity index (χ4n) is 7.36. The first kappa shape index (κ1) is 32.6. The molecular formula is C51H33N3S. The summed E-state index contributed by atoms with van der Waals surface area (Å²) in [6, 6.07) is 70.5. The van der Waals surface area contributed by atoms with Gasteiger partial charge in [-0.15, -0.1) is 11.3 Å². The Morgan fingerprint density at radius 2 is 0.600 bits per heavy atom. The second-order valence-electron chi connectivity index (χ2n) is 13.6. The van der Waals surface area contributed by atoms with Gasteiger partial charge in [-0.3, -0.25) is 0 Å². The molecule has 0 saturated heterocycles. The summed E-state index contributed by atoms with van der Waals surface area (Å²) in [7, 11) is 0. The van der Waals surface area contributed by atoms with Crippen molar-refractivity contribution in [2.75, 3.05) is 0 Å². The van der Waals surface area contributed by atoms with E-state index < -0.39 is 0 Å². The molecule has 0 saturated carbocycles. The zero-order valence-corrected chi connectivity index (χ0v) is 30.6. The predicted octanol–water partition coefficient (Wildman–Crippen LogP) is 13.9. The van der Waals surface area contributed by atoms with Gasteiger partial charge in [0.05, 0.1) is 0 Å². The third-order valence-corrected chi connectivity index (χ3v) is 11.5. The number of fused-ring (bicyclic) bond motifs is 3. The molecule has 0 aliphatic heterocycles. The van der Waals surface area contributed by atoms with E-state index in [2.05, 4.69) is 164 Å². The first-order chi connectivity index (χ1) is 27.2. The van der Waals surface area contributed by atoms with Crippen LogP contribution < -0.4 is 0 Å². The molecule has 258 valence electrons. The molecule has 0 N–H and O–H groups in total. The SMILES string of the molecule is c1ccc(-c2ccc(-c3nc(-c4ccccc4)nc(-c4ccc(-c5cccc6c5sc5c(-c7cccc(-c8ccccc8)c7)cccc56)cc4)n3)cc2)cc1. The van der Waals surface area contributed by atoms with Gasteiger partial charge in [-0.05, 0) is 50.6 Å². The van der Waals surface area contributed by atoms with Crippen molar-refractivity contribution in [1.82, 2.24) is 15.0 Å². The van der Waals surface area contributed by atoms with Crippen LogP contribution in [0.1, 0.15) is 0 Å². The molecule has 2 heterocycles. The van der Waals surface area contributed by atoms with Crippen molar-refractivity contribution < 1.29 is 0 Å². The number of rotatable bonds is 7. The molecule has 0 fully saturated rings. The fraction of sp³-hybridized carbons (Fsp3) is 0. The maximum absolute atomic E-state index is 5.03. The molecule has 8 aromatic carbocycles. The zero-order valence-electron chi connectivity index (χ0n) is 29.8. The smallest absolute Gasteiger partial charge is 0.164 e. The number of nitrogens with zero attached hydrogens (tertiary/aromatic N) is 3. The molecule has 10 aromatic rings. The van der Waals surface area contributed by atoms with E-state index in [1.807, 2.05) is 47.7 Å². The average molecular weight is 720 g/mol. The summed E-state index contributed by atoms with van der Waals surface area (Å²) in [6.45, 7) is 0. The third kappa shape index (κ3) is 6.29. The van der Waals surface area contributed by atoms with Crippen LogP contribution >= 0.6 is 11.3 Å². The highest BCUT2D eigenvalue weighted by atomic mass is 32.1. The van der Waals surface area contributed by atoms with Gasteiger partial charge in [0.2, 0.25) is 0 Å². The highest BCUT2D eigenvalue weighted by Crippen LogP contribution is 2.44. The Kier molecular flexibility index (Phi) is 8.36. The number of thiophene rings is 1. The van der Waals surface area contributed by atoms with Crippen molar-refractivity contribution in [2.45, 2.75) is 0 Å². The molecule has 4 heteroatoms. The van der Waals surface area contributed by atoms with Crippen molar-refractivity contribution in [3.8, 4) is 78.7 Å². The lowest BCUT2D eigenvalue weighted by Crippen LogP contribution is -2.00. The van der Waals surface area contributed by atoms with Crippen LogP contribution in [0.3, 0.4) is 0 Å². The second-order valence-corrected chi connectivity index (χ2v) is 14.6. The van der Waals surface area contributed by atoms with Gasteiger partial charge in [0.15, 0.2) is 17.5 Å². The number of hydrogen-bond acceptors (Lipinski definition) is 4. The van der Waals surface area contributed by atoms with E-state index in [1.165, 1.54) is 53.6 Å². The minimum Gasteiger partial charge on any atom is -0.208 e. The summed E-state index contributed by atoms with van der Waals surface area (Å²) >= 11 is 1.87. The Balaban J connectivity index is 1.02. The normalized spacial score (nSPS) is 11.3. The number of hydrogen-bond donors (Lipinski definition) is 0. The van der Waals surface area contributed by atoms with Gasteiger partial charge in [0.1, 0.15) is 0 Å². The number of benzene rings is 8. The average Bonchev–Trinajstić information content (AvgIpc) is 3.67. The summed E-state index contributed by atoms with van der Waals surface area (Å²) in [6.07, 6.45) is 0. The highest BCUT2D eigenvalue weighted by Gasteiger charge is 2.16. The lowest BCUT2D eigenvalue weighted by Gasteiger charge is -2.10. The van der Waals surface area contributed by atoms with Crippen LogP contribution in [0, 0.1) is 0 Å². The van der Waals surface area contributed by atoms with Crippen molar-refractivity contribution in [3.05, 3.63) is 200 Å². The molecule has 2 aromatic heterocycles. The molecule has 0 unspecified atom stereocenters. The van der Waals surface area contributed by atoms with Gasteiger partial charge in [0, 0.05) is 36.9 Å². The summed E-state index contributed by atoms with van der Waals surface area (Å²) < 4.78 is 2.58. The predicted molar refractivity (Wildman–Crippen MR) is 231 cm³/mol. The molecule has 55 heavy (non-hydrogen) atoms. The van der Waals surface area contributed by atoms with Gasteiger partial charge >= 0.3 is 0 Å². The Bertz CT molecular complexity index is 2940. The molecule has 0 bridgehead atoms. The van der Waals surface area contributed by atoms with Gasteiger partial charge in [-0.25, -0.2) is 15.0 Å². The first-order valence-corrected chi connectivity index (χ1v) is 19.3. The van der Waals surface area contributed by atoms with Gasteiger partial charge < -0.3 is 0 Å². The van der Waals surface area contributed by atoms with E-state index in [1.54, 1.807) is 0 Å². The molecule has 0 spiro atoms. The van der Waals surface area contributed by atoms with Crippen LogP contribution in [0.25, 0.3) is 98.8 Å². The van der Waals surface area contributed by atoms with E-state index in [4.69, 9.17) is 15.0 Å². The fourth-order valence-corrected chi connectivity index (χ4v) is 8.74. The topological polar surface area (TPSA) is 38.7 Å². The molecule has 0 aliphatic rings. The quantitative estimate of drug-likeness (QED) is 0.165. The second kappa shape index (κ2) is 14.1. The zero-order chi connectivity index (χ0) is 36.6. The van der Waals surface area contributed by atoms with Gasteiger partial charge in [-0.2, -0.15) is 0 Å². The summed E-state index contributed by atoms with van der Waals surface area (Å²) in [5.41, 5.74) is 12.5. The number of aromatic nitrogens is 3. The van der Waals surface area contributed by atoms with Crippen LogP contribution in [-0.2, 0) is 0 Å². The maximum atomic E-state index is 5.03. The van der Waals surface area contributed by atoms with Crippen LogP contribution in [0.15, 0.2) is 200 Å². The van der Waals surface area contributed by atoms with Crippen molar-refractivity contribution in [3.63, 3.8) is 0 Å². The Hall–Kier alpha value is -7.01. The van der Waals surface area contributed by atoms with Crippen LogP contribution in [-0.4, -0.2) is 15.0 Å². The van der Waals surface area contributed by atoms with Crippen molar-refractivity contribution in [1.29, 1.82) is 0 Å². The van der Waals surface area contributed by atoms with Crippen molar-refractivity contribution in [2.24, 2.45) is 0 Å². The van der Waals surface area contributed by atoms with E-state index in [0.29, 0.717) is 17.5 Å². The lowest BCUT2D eigenvalue weighted by atomic mass is 9.97. The Morgan fingerprint density at radius 1 is 0.255 bits per heavy atom. The first-order valence-electron chi connectivity index (χ1n) is 18.4. The molecule has 0 amide bonds. The van der Waals surface area contributed by atoms with E-state index in [9.17, 15) is 0 Å². The summed E-state index contributed by atoms with van der Waals surface area (Å²) in [4.78, 5) is 15.0. The van der Waals surface area contributed by atoms with Gasteiger partial charge in [0.25, 0.3) is 0 Å². The maximum Gasteiger partial charge on any atom is 0.164 e. The minimum atomic E-state index is 0.644. The summed E-state index contributed by atoms with van der Waals surface area (Å²) in [5, 5.41) is 2.56. The Labute approximate surface area is 323 Å².